The average molecular weight is 625 g/mol. The highest BCUT2D eigenvalue weighted by atomic mass is 35.5. The van der Waals surface area contributed by atoms with E-state index in [2.05, 4.69) is 32.6 Å². The second-order valence-electron chi connectivity index (χ2n) is 9.88. The van der Waals surface area contributed by atoms with Crippen LogP contribution < -0.4 is 9.64 Å². The Morgan fingerprint density at radius 2 is 1.51 bits per heavy atom. The van der Waals surface area contributed by atoms with Crippen LogP contribution in [-0.2, 0) is 10.0 Å². The molecule has 0 spiro atoms. The van der Waals surface area contributed by atoms with Crippen LogP contribution in [0.3, 0.4) is 0 Å². The molecule has 0 fully saturated rings. The van der Waals surface area contributed by atoms with Gasteiger partial charge in [0.25, 0.3) is 5.91 Å². The van der Waals surface area contributed by atoms with E-state index in [0.29, 0.717) is 42.6 Å². The maximum absolute atomic E-state index is 13.9. The van der Waals surface area contributed by atoms with E-state index in [1.807, 2.05) is 19.1 Å². The molecule has 1 amide bonds. The van der Waals surface area contributed by atoms with Gasteiger partial charge in [-0.15, -0.1) is 12.4 Å². The van der Waals surface area contributed by atoms with Crippen molar-refractivity contribution in [3.63, 3.8) is 0 Å². The van der Waals surface area contributed by atoms with Gasteiger partial charge in [-0.2, -0.15) is 4.31 Å². The summed E-state index contributed by atoms with van der Waals surface area (Å²) < 4.78 is 34.9. The van der Waals surface area contributed by atoms with Crippen molar-refractivity contribution in [1.29, 1.82) is 0 Å². The Hall–Kier alpha value is -2.24. The number of rotatable bonds is 16. The minimum Gasteiger partial charge on any atom is -0.494 e. The third kappa shape index (κ3) is 8.41. The minimum atomic E-state index is -3.64. The van der Waals surface area contributed by atoms with Crippen molar-refractivity contribution in [3.05, 3.63) is 47.5 Å². The lowest BCUT2D eigenvalue weighted by Crippen LogP contribution is -2.39. The standard InChI is InChI=1S/C30H44N4O4S2.ClH/c1-7-11-19-33(20-12-8-2)40(36,37)25-16-14-24(15-17-25)29(35)34(22-21-32(9-3)10-4)30-31-27-26(38-6)18-13-23(5)28(27)39-30;/h13-18H,7-12,19-22H2,1-6H3;1H. The van der Waals surface area contributed by atoms with Gasteiger partial charge in [0.05, 0.1) is 16.7 Å². The monoisotopic (exact) mass is 624 g/mol. The molecule has 0 unspecified atom stereocenters. The normalized spacial score (nSPS) is 11.7. The van der Waals surface area contributed by atoms with E-state index in [1.54, 1.807) is 40.6 Å². The summed E-state index contributed by atoms with van der Waals surface area (Å²) in [4.78, 5) is 22.9. The van der Waals surface area contributed by atoms with Gasteiger partial charge in [-0.3, -0.25) is 9.69 Å². The predicted molar refractivity (Wildman–Crippen MR) is 173 cm³/mol. The first-order chi connectivity index (χ1) is 19.2. The molecule has 0 aliphatic rings. The average Bonchev–Trinajstić information content (AvgIpc) is 3.41. The molecule has 1 aromatic heterocycles. The Morgan fingerprint density at radius 3 is 2.05 bits per heavy atom. The number of sulfonamides is 1. The van der Waals surface area contributed by atoms with Crippen molar-refractivity contribution in [2.75, 3.05) is 51.3 Å². The van der Waals surface area contributed by atoms with Crippen LogP contribution in [0.25, 0.3) is 10.2 Å². The number of halogens is 1. The number of amides is 1. The highest BCUT2D eigenvalue weighted by Gasteiger charge is 2.26. The van der Waals surface area contributed by atoms with Crippen molar-refractivity contribution in [2.24, 2.45) is 0 Å². The molecule has 0 saturated heterocycles. The van der Waals surface area contributed by atoms with Gasteiger partial charge >= 0.3 is 0 Å². The summed E-state index contributed by atoms with van der Waals surface area (Å²) in [6, 6.07) is 10.2. The summed E-state index contributed by atoms with van der Waals surface area (Å²) in [7, 11) is -2.02. The largest absolute Gasteiger partial charge is 0.494 e. The predicted octanol–water partition coefficient (Wildman–Crippen LogP) is 6.61. The minimum absolute atomic E-state index is 0. The van der Waals surface area contributed by atoms with Gasteiger partial charge < -0.3 is 9.64 Å². The first kappa shape index (κ1) is 35.0. The summed E-state index contributed by atoms with van der Waals surface area (Å²) in [6.45, 7) is 14.3. The van der Waals surface area contributed by atoms with Crippen LogP contribution in [-0.4, -0.2) is 74.9 Å². The number of unbranched alkanes of at least 4 members (excludes halogenated alkanes) is 2. The Balaban J connectivity index is 0.00000588. The fraction of sp³-hybridized carbons (Fsp3) is 0.533. The number of anilines is 1. The van der Waals surface area contributed by atoms with Crippen LogP contribution in [0.1, 0.15) is 69.3 Å². The molecule has 3 aromatic rings. The first-order valence-electron chi connectivity index (χ1n) is 14.3. The highest BCUT2D eigenvalue weighted by Crippen LogP contribution is 2.37. The number of carbonyl (C=O) groups excluding carboxylic acids is 1. The maximum atomic E-state index is 13.9. The third-order valence-electron chi connectivity index (χ3n) is 7.18. The van der Waals surface area contributed by atoms with E-state index in [1.165, 1.54) is 11.3 Å². The van der Waals surface area contributed by atoms with E-state index in [4.69, 9.17) is 9.72 Å². The SMILES string of the molecule is CCCCN(CCCC)S(=O)(=O)c1ccc(C(=O)N(CCN(CC)CC)c2nc3c(OC)ccc(C)c3s2)cc1.Cl. The van der Waals surface area contributed by atoms with E-state index in [0.717, 1.165) is 54.6 Å². The summed E-state index contributed by atoms with van der Waals surface area (Å²) >= 11 is 1.47. The summed E-state index contributed by atoms with van der Waals surface area (Å²) in [5, 5.41) is 0.599. The van der Waals surface area contributed by atoms with Gasteiger partial charge in [0.1, 0.15) is 11.3 Å². The van der Waals surface area contributed by atoms with Crippen molar-refractivity contribution in [3.8, 4) is 5.75 Å². The van der Waals surface area contributed by atoms with Crippen LogP contribution in [0.2, 0.25) is 0 Å². The fourth-order valence-corrected chi connectivity index (χ4v) is 7.13. The van der Waals surface area contributed by atoms with Crippen molar-refractivity contribution in [2.45, 2.75) is 65.2 Å². The molecule has 0 saturated carbocycles. The van der Waals surface area contributed by atoms with E-state index in [9.17, 15) is 13.2 Å². The molecule has 0 aliphatic heterocycles. The Labute approximate surface area is 256 Å². The zero-order valence-corrected chi connectivity index (χ0v) is 27.6. The zero-order valence-electron chi connectivity index (χ0n) is 25.2. The number of nitrogens with zero attached hydrogens (tertiary/aromatic N) is 4. The molecule has 11 heteroatoms. The van der Waals surface area contributed by atoms with Crippen LogP contribution >= 0.6 is 23.7 Å². The molecule has 0 bridgehead atoms. The Morgan fingerprint density at radius 1 is 0.902 bits per heavy atom. The molecule has 0 radical (unpaired) electrons. The fourth-order valence-electron chi connectivity index (χ4n) is 4.54. The summed E-state index contributed by atoms with van der Waals surface area (Å²) in [6.07, 6.45) is 3.47. The number of hydrogen-bond donors (Lipinski definition) is 0. The molecule has 0 aliphatic carbocycles. The molecule has 41 heavy (non-hydrogen) atoms. The van der Waals surface area contributed by atoms with Crippen LogP contribution in [0, 0.1) is 6.92 Å². The van der Waals surface area contributed by atoms with Crippen LogP contribution in [0.15, 0.2) is 41.3 Å². The lowest BCUT2D eigenvalue weighted by molar-refractivity contribution is 0.0983. The topological polar surface area (TPSA) is 83.1 Å². The number of carbonyl (C=O) groups is 1. The lowest BCUT2D eigenvalue weighted by Gasteiger charge is -2.25. The number of aryl methyl sites for hydroxylation is 1. The van der Waals surface area contributed by atoms with Crippen molar-refractivity contribution in [1.82, 2.24) is 14.2 Å². The molecule has 8 nitrogen and oxygen atoms in total. The van der Waals surface area contributed by atoms with Gasteiger partial charge in [-0.1, -0.05) is 57.9 Å². The van der Waals surface area contributed by atoms with Gasteiger partial charge in [0, 0.05) is 31.7 Å². The summed E-state index contributed by atoms with van der Waals surface area (Å²) in [5.74, 6) is 0.463. The second kappa shape index (κ2) is 16.4. The van der Waals surface area contributed by atoms with Gasteiger partial charge in [-0.25, -0.2) is 13.4 Å². The molecular formula is C30H45ClN4O4S2. The van der Waals surface area contributed by atoms with Gasteiger partial charge in [0.2, 0.25) is 10.0 Å². The first-order valence-corrected chi connectivity index (χ1v) is 16.6. The van der Waals surface area contributed by atoms with Crippen LogP contribution in [0.4, 0.5) is 5.13 Å². The molecule has 228 valence electrons. The van der Waals surface area contributed by atoms with E-state index >= 15 is 0 Å². The molecule has 1 heterocycles. The number of thiazole rings is 1. The number of benzene rings is 2. The number of hydrogen-bond acceptors (Lipinski definition) is 7. The molecule has 3 rings (SSSR count). The van der Waals surface area contributed by atoms with Gasteiger partial charge in [-0.05, 0) is 68.8 Å². The zero-order chi connectivity index (χ0) is 29.3. The Kier molecular flexibility index (Phi) is 14.0. The van der Waals surface area contributed by atoms with E-state index in [-0.39, 0.29) is 23.2 Å². The van der Waals surface area contributed by atoms with Crippen molar-refractivity contribution >= 4 is 55.0 Å². The molecular weight excluding hydrogens is 580 g/mol. The maximum Gasteiger partial charge on any atom is 0.260 e. The van der Waals surface area contributed by atoms with Gasteiger partial charge in [0.15, 0.2) is 5.13 Å². The smallest absolute Gasteiger partial charge is 0.260 e. The highest BCUT2D eigenvalue weighted by molar-refractivity contribution is 7.89. The number of ether oxygens (including phenoxy) is 1. The van der Waals surface area contributed by atoms with Crippen molar-refractivity contribution < 1.29 is 17.9 Å². The number of fused-ring (bicyclic) bond motifs is 1. The van der Waals surface area contributed by atoms with Crippen LogP contribution in [0.5, 0.6) is 5.75 Å². The number of methoxy groups -OCH3 is 1. The lowest BCUT2D eigenvalue weighted by atomic mass is 10.2. The Bertz CT molecular complexity index is 1350. The number of likely N-dealkylation sites (N-methyl/N-ethyl adjacent to an activating group) is 1. The second-order valence-corrected chi connectivity index (χ2v) is 12.8. The molecule has 0 N–H and O–H groups in total. The number of aromatic nitrogens is 1. The third-order valence-corrected chi connectivity index (χ3v) is 10.3. The quantitative estimate of drug-likeness (QED) is 0.178. The summed E-state index contributed by atoms with van der Waals surface area (Å²) in [5.41, 5.74) is 2.24. The molecule has 0 atom stereocenters. The van der Waals surface area contributed by atoms with E-state index < -0.39 is 10.0 Å². The molecule has 2 aromatic carbocycles.